The maximum atomic E-state index is 10.3. The number of nitrogens with two attached hydrogens (primary N) is 1. The summed E-state index contributed by atoms with van der Waals surface area (Å²) in [5.74, 6) is -1.15. The van der Waals surface area contributed by atoms with Gasteiger partial charge in [-0.3, -0.25) is 0 Å². The molecule has 0 bridgehead atoms. The van der Waals surface area contributed by atoms with Gasteiger partial charge in [0.15, 0.2) is 0 Å². The van der Waals surface area contributed by atoms with Crippen LogP contribution in [0.25, 0.3) is 0 Å². The van der Waals surface area contributed by atoms with Crippen molar-refractivity contribution in [3.8, 4) is 0 Å². The highest BCUT2D eigenvalue weighted by atomic mass is 35.5. The highest BCUT2D eigenvalue weighted by Gasteiger charge is 2.07. The number of rotatable bonds is 6. The van der Waals surface area contributed by atoms with E-state index in [1.54, 1.807) is 0 Å². The fraction of sp³-hybridized carbons (Fsp3) is 0.889. The Morgan fingerprint density at radius 2 is 1.73 bits per heavy atom. The van der Waals surface area contributed by atoms with Gasteiger partial charge in [0.2, 0.25) is 0 Å². The summed E-state index contributed by atoms with van der Waals surface area (Å²) in [6.45, 7) is 1.04. The van der Waals surface area contributed by atoms with Gasteiger partial charge >= 0.3 is 0 Å². The second-order valence-electron chi connectivity index (χ2n) is 4.44. The van der Waals surface area contributed by atoms with Gasteiger partial charge in [-0.1, -0.05) is 0 Å². The quantitative estimate of drug-likeness (QED) is 0.531. The number of hydrogen-bond acceptors (Lipinski definition) is 3. The first-order valence-corrected chi connectivity index (χ1v) is 4.60. The molecule has 2 N–H and O–H groups in total. The van der Waals surface area contributed by atoms with E-state index in [0.29, 0.717) is 6.42 Å². The number of hydrogen-bond donors (Lipinski definition) is 1. The molecule has 0 heterocycles. The van der Waals surface area contributed by atoms with E-state index in [1.165, 1.54) is 0 Å². The first kappa shape index (κ1) is 20.4. The van der Waals surface area contributed by atoms with Gasteiger partial charge in [-0.2, -0.15) is 0 Å². The van der Waals surface area contributed by atoms with Crippen molar-refractivity contribution in [2.75, 3.05) is 27.7 Å². The fourth-order valence-corrected chi connectivity index (χ4v) is 1.07. The third-order valence-electron chi connectivity index (χ3n) is 1.90. The number of carboxylic acids is 1. The zero-order valence-corrected chi connectivity index (χ0v) is 11.2. The molecule has 15 heavy (non-hydrogen) atoms. The lowest BCUT2D eigenvalue weighted by Crippen LogP contribution is -2.42. The van der Waals surface area contributed by atoms with Crippen LogP contribution < -0.4 is 10.8 Å². The smallest absolute Gasteiger partial charge is 0.0780 e. The predicted octanol–water partition coefficient (Wildman–Crippen LogP) is -0.216. The number of carboxylic acid groups (broad SMARTS) is 1. The molecule has 1 atom stereocenters. The first-order chi connectivity index (χ1) is 5.83. The van der Waals surface area contributed by atoms with E-state index in [4.69, 9.17) is 5.73 Å². The fourth-order valence-electron chi connectivity index (χ4n) is 1.07. The van der Waals surface area contributed by atoms with E-state index < -0.39 is 12.0 Å². The van der Waals surface area contributed by atoms with Crippen molar-refractivity contribution >= 4 is 30.8 Å². The Hall–Kier alpha value is -0.0300. The second-order valence-corrected chi connectivity index (χ2v) is 4.44. The van der Waals surface area contributed by atoms with Crippen molar-refractivity contribution < 1.29 is 14.4 Å². The number of halogens is 2. The van der Waals surface area contributed by atoms with Gasteiger partial charge < -0.3 is 20.1 Å². The van der Waals surface area contributed by atoms with Crippen molar-refractivity contribution in [3.05, 3.63) is 0 Å². The van der Waals surface area contributed by atoms with E-state index >= 15 is 0 Å². The van der Waals surface area contributed by atoms with E-state index in [9.17, 15) is 9.90 Å². The molecule has 6 heteroatoms. The lowest BCUT2D eigenvalue weighted by Gasteiger charge is -2.24. The highest BCUT2D eigenvalue weighted by molar-refractivity contribution is 5.85. The summed E-state index contributed by atoms with van der Waals surface area (Å²) < 4.78 is 0.903. The maximum absolute atomic E-state index is 10.3. The summed E-state index contributed by atoms with van der Waals surface area (Å²) in [6, 6.07) is -0.799. The Balaban J connectivity index is -0.000000720. The molecule has 0 aromatic heterocycles. The minimum Gasteiger partial charge on any atom is -0.548 e. The molecule has 0 unspecified atom stereocenters. The van der Waals surface area contributed by atoms with Crippen LogP contribution in [0.2, 0.25) is 0 Å². The van der Waals surface area contributed by atoms with E-state index in [1.807, 2.05) is 0 Å². The van der Waals surface area contributed by atoms with Crippen molar-refractivity contribution in [2.45, 2.75) is 25.3 Å². The minimum absolute atomic E-state index is 0. The number of nitrogens with zero attached hydrogens (tertiary/aromatic N) is 1. The Bertz CT molecular complexity index is 172. The largest absolute Gasteiger partial charge is 0.548 e. The van der Waals surface area contributed by atoms with Gasteiger partial charge in [0, 0.05) is 6.04 Å². The van der Waals surface area contributed by atoms with Crippen LogP contribution in [0.4, 0.5) is 0 Å². The third kappa shape index (κ3) is 14.0. The summed E-state index contributed by atoms with van der Waals surface area (Å²) in [5, 5.41) is 10.3. The molecule has 0 aliphatic carbocycles. The molecular formula is C9H22Cl2N2O2. The highest BCUT2D eigenvalue weighted by Crippen LogP contribution is 2.02. The van der Waals surface area contributed by atoms with Crippen LogP contribution in [-0.2, 0) is 4.79 Å². The molecule has 94 valence electrons. The summed E-state index contributed by atoms with van der Waals surface area (Å²) >= 11 is 0. The second kappa shape index (κ2) is 9.21. The standard InChI is InChI=1S/C9H20N2O2.2ClH/c1-11(2,3)7-5-4-6-8(10)9(12)13;;/h8H,4-7,10H2,1-3H3;2*1H/t8-;;/m0../s1. The maximum Gasteiger partial charge on any atom is 0.0780 e. The number of carbonyl (C=O) groups is 1. The molecule has 0 radical (unpaired) electrons. The SMILES string of the molecule is C[N+](C)(C)CCCC[C@H](N)C(=O)[O-].Cl.Cl. The molecule has 0 fully saturated rings. The van der Waals surface area contributed by atoms with Gasteiger partial charge in [-0.25, -0.2) is 0 Å². The van der Waals surface area contributed by atoms with Gasteiger partial charge in [0.25, 0.3) is 0 Å². The Morgan fingerprint density at radius 1 is 1.27 bits per heavy atom. The molecule has 4 nitrogen and oxygen atoms in total. The predicted molar refractivity (Wildman–Crippen MR) is 64.2 cm³/mol. The molecule has 0 amide bonds. The zero-order chi connectivity index (χ0) is 10.5. The molecule has 0 aliphatic rings. The monoisotopic (exact) mass is 260 g/mol. The van der Waals surface area contributed by atoms with E-state index in [0.717, 1.165) is 23.9 Å². The lowest BCUT2D eigenvalue weighted by molar-refractivity contribution is -0.870. The minimum atomic E-state index is -1.15. The summed E-state index contributed by atoms with van der Waals surface area (Å²) in [7, 11) is 6.33. The number of aliphatic carboxylic acids is 1. The average molecular weight is 261 g/mol. The van der Waals surface area contributed by atoms with Gasteiger partial charge in [-0.15, -0.1) is 24.8 Å². The molecule has 0 saturated carbocycles. The van der Waals surface area contributed by atoms with Crippen LogP contribution in [0.1, 0.15) is 19.3 Å². The van der Waals surface area contributed by atoms with Crippen LogP contribution in [0.3, 0.4) is 0 Å². The van der Waals surface area contributed by atoms with Gasteiger partial charge in [0.05, 0.1) is 33.7 Å². The molecule has 0 aromatic carbocycles. The zero-order valence-electron chi connectivity index (χ0n) is 9.56. The summed E-state index contributed by atoms with van der Waals surface area (Å²) in [5.41, 5.74) is 5.30. The van der Waals surface area contributed by atoms with Crippen LogP contribution in [0.15, 0.2) is 0 Å². The Labute approximate surface area is 104 Å². The summed E-state index contributed by atoms with van der Waals surface area (Å²) in [6.07, 6.45) is 2.37. The molecule has 0 aromatic rings. The average Bonchev–Trinajstić information content (AvgIpc) is 1.95. The van der Waals surface area contributed by atoms with Crippen LogP contribution in [0.5, 0.6) is 0 Å². The molecule has 0 rings (SSSR count). The first-order valence-electron chi connectivity index (χ1n) is 4.60. The van der Waals surface area contributed by atoms with E-state index in [-0.39, 0.29) is 24.8 Å². The van der Waals surface area contributed by atoms with Crippen LogP contribution >= 0.6 is 24.8 Å². The molecule has 0 saturated heterocycles. The molecule has 0 aliphatic heterocycles. The normalized spacial score (nSPS) is 12.3. The van der Waals surface area contributed by atoms with Gasteiger partial charge in [0.1, 0.15) is 0 Å². The molecule has 0 spiro atoms. The van der Waals surface area contributed by atoms with Crippen LogP contribution in [0, 0.1) is 0 Å². The Kier molecular flexibility index (Phi) is 12.5. The van der Waals surface area contributed by atoms with E-state index in [2.05, 4.69) is 21.1 Å². The van der Waals surface area contributed by atoms with Crippen molar-refractivity contribution in [2.24, 2.45) is 5.73 Å². The number of carbonyl (C=O) groups excluding carboxylic acids is 1. The van der Waals surface area contributed by atoms with Crippen molar-refractivity contribution in [1.29, 1.82) is 0 Å². The molecular weight excluding hydrogens is 239 g/mol. The van der Waals surface area contributed by atoms with Crippen LogP contribution in [-0.4, -0.2) is 44.2 Å². The number of unbranched alkanes of at least 4 members (excludes halogenated alkanes) is 1. The number of quaternary nitrogens is 1. The lowest BCUT2D eigenvalue weighted by atomic mass is 10.1. The summed E-state index contributed by atoms with van der Waals surface area (Å²) in [4.78, 5) is 10.3. The Morgan fingerprint density at radius 3 is 2.07 bits per heavy atom. The van der Waals surface area contributed by atoms with Crippen molar-refractivity contribution in [1.82, 2.24) is 0 Å². The van der Waals surface area contributed by atoms with Crippen molar-refractivity contribution in [3.63, 3.8) is 0 Å². The van der Waals surface area contributed by atoms with Gasteiger partial charge in [-0.05, 0) is 19.3 Å². The third-order valence-corrected chi connectivity index (χ3v) is 1.90. The topological polar surface area (TPSA) is 66.2 Å².